The fourth-order valence-electron chi connectivity index (χ4n) is 2.01. The second-order valence-corrected chi connectivity index (χ2v) is 4.87. The zero-order valence-electron chi connectivity index (χ0n) is 9.64. The van der Waals surface area contributed by atoms with Crippen LogP contribution in [0, 0.1) is 0 Å². The Hall–Kier alpha value is -1.80. The molecule has 0 atom stereocenters. The summed E-state index contributed by atoms with van der Waals surface area (Å²) >= 11 is 3.56. The van der Waals surface area contributed by atoms with Gasteiger partial charge in [0.1, 0.15) is 12.0 Å². The van der Waals surface area contributed by atoms with Crippen molar-refractivity contribution in [2.24, 2.45) is 0 Å². The molecule has 3 rings (SSSR count). The molecule has 2 aromatic carbocycles. The van der Waals surface area contributed by atoms with Gasteiger partial charge >= 0.3 is 0 Å². The summed E-state index contributed by atoms with van der Waals surface area (Å²) in [6.07, 6.45) is 1.74. The highest BCUT2D eigenvalue weighted by Crippen LogP contribution is 2.39. The molecule has 1 heterocycles. The van der Waals surface area contributed by atoms with Crippen LogP contribution in [0.4, 0.5) is 0 Å². The summed E-state index contributed by atoms with van der Waals surface area (Å²) in [6, 6.07) is 20.4. The van der Waals surface area contributed by atoms with E-state index < -0.39 is 0 Å². The Morgan fingerprint density at radius 1 is 0.722 bits per heavy atom. The minimum atomic E-state index is 0.897. The van der Waals surface area contributed by atoms with E-state index >= 15 is 0 Å². The molecule has 18 heavy (non-hydrogen) atoms. The van der Waals surface area contributed by atoms with E-state index in [1.807, 2.05) is 36.4 Å². The monoisotopic (exact) mass is 298 g/mol. The first-order valence-electron chi connectivity index (χ1n) is 5.74. The lowest BCUT2D eigenvalue weighted by Crippen LogP contribution is -1.80. The van der Waals surface area contributed by atoms with Crippen LogP contribution in [0.3, 0.4) is 0 Å². The number of hydrogen-bond acceptors (Lipinski definition) is 1. The quantitative estimate of drug-likeness (QED) is 0.619. The summed E-state index contributed by atoms with van der Waals surface area (Å²) in [5.41, 5.74) is 3.33. The predicted molar refractivity (Wildman–Crippen MR) is 77.3 cm³/mol. The number of benzene rings is 2. The molecule has 0 saturated carbocycles. The molecule has 0 fully saturated rings. The summed E-state index contributed by atoms with van der Waals surface area (Å²) in [5.74, 6) is 0.897. The maximum absolute atomic E-state index is 5.69. The summed E-state index contributed by atoms with van der Waals surface area (Å²) in [5, 5.41) is 0. The van der Waals surface area contributed by atoms with Crippen LogP contribution in [0.2, 0.25) is 0 Å². The molecule has 0 aliphatic heterocycles. The Morgan fingerprint density at radius 3 is 1.89 bits per heavy atom. The lowest BCUT2D eigenvalue weighted by Gasteiger charge is -2.03. The topological polar surface area (TPSA) is 13.1 Å². The van der Waals surface area contributed by atoms with Crippen molar-refractivity contribution in [2.45, 2.75) is 0 Å². The molecule has 0 aliphatic carbocycles. The molecule has 0 unspecified atom stereocenters. The Balaban J connectivity index is 2.19. The minimum Gasteiger partial charge on any atom is -0.462 e. The molecule has 0 radical (unpaired) electrons. The molecule has 88 valence electrons. The van der Waals surface area contributed by atoms with Gasteiger partial charge in [0.25, 0.3) is 0 Å². The van der Waals surface area contributed by atoms with Crippen molar-refractivity contribution in [3.05, 3.63) is 71.4 Å². The number of hydrogen-bond donors (Lipinski definition) is 0. The van der Waals surface area contributed by atoms with E-state index in [1.54, 1.807) is 6.26 Å². The third-order valence-electron chi connectivity index (χ3n) is 2.84. The third-order valence-corrected chi connectivity index (χ3v) is 3.43. The summed E-state index contributed by atoms with van der Waals surface area (Å²) in [6.45, 7) is 0. The van der Waals surface area contributed by atoms with Gasteiger partial charge in [-0.15, -0.1) is 0 Å². The number of rotatable bonds is 2. The Labute approximate surface area is 114 Å². The van der Waals surface area contributed by atoms with Gasteiger partial charge in [0.05, 0.1) is 4.47 Å². The molecule has 0 saturated heterocycles. The Kier molecular flexibility index (Phi) is 3.03. The number of furan rings is 1. The first-order valence-corrected chi connectivity index (χ1v) is 6.53. The van der Waals surface area contributed by atoms with Gasteiger partial charge in [-0.3, -0.25) is 0 Å². The normalized spacial score (nSPS) is 10.5. The first-order chi connectivity index (χ1) is 8.86. The Bertz CT molecular complexity index is 641. The van der Waals surface area contributed by atoms with E-state index in [0.29, 0.717) is 0 Å². The summed E-state index contributed by atoms with van der Waals surface area (Å²) in [7, 11) is 0. The molecule has 0 bridgehead atoms. The van der Waals surface area contributed by atoms with Crippen molar-refractivity contribution in [2.75, 3.05) is 0 Å². The lowest BCUT2D eigenvalue weighted by atomic mass is 10.0. The lowest BCUT2D eigenvalue weighted by molar-refractivity contribution is 0.581. The van der Waals surface area contributed by atoms with Crippen molar-refractivity contribution in [1.82, 2.24) is 0 Å². The van der Waals surface area contributed by atoms with Crippen molar-refractivity contribution < 1.29 is 4.42 Å². The molecule has 0 aliphatic rings. The zero-order valence-corrected chi connectivity index (χ0v) is 11.2. The third kappa shape index (κ3) is 2.00. The SMILES string of the molecule is Brc1coc(-c2ccccc2)c1-c1ccccc1. The second kappa shape index (κ2) is 4.83. The minimum absolute atomic E-state index is 0.897. The van der Waals surface area contributed by atoms with Gasteiger partial charge in [0.2, 0.25) is 0 Å². The predicted octanol–water partition coefficient (Wildman–Crippen LogP) is 5.38. The van der Waals surface area contributed by atoms with Crippen molar-refractivity contribution in [3.63, 3.8) is 0 Å². The van der Waals surface area contributed by atoms with Gasteiger partial charge in [0.15, 0.2) is 0 Å². The smallest absolute Gasteiger partial charge is 0.142 e. The van der Waals surface area contributed by atoms with E-state index in [1.165, 1.54) is 0 Å². The summed E-state index contributed by atoms with van der Waals surface area (Å²) in [4.78, 5) is 0. The van der Waals surface area contributed by atoms with E-state index in [-0.39, 0.29) is 0 Å². The first kappa shape index (κ1) is 11.3. The van der Waals surface area contributed by atoms with Crippen LogP contribution in [0.5, 0.6) is 0 Å². The van der Waals surface area contributed by atoms with Crippen molar-refractivity contribution in [3.8, 4) is 22.5 Å². The highest BCUT2D eigenvalue weighted by atomic mass is 79.9. The molecule has 3 aromatic rings. The zero-order chi connectivity index (χ0) is 12.4. The molecule has 0 spiro atoms. The highest BCUT2D eigenvalue weighted by Gasteiger charge is 2.14. The van der Waals surface area contributed by atoms with Crippen LogP contribution in [-0.4, -0.2) is 0 Å². The molecular formula is C16H11BrO. The van der Waals surface area contributed by atoms with E-state index in [2.05, 4.69) is 40.2 Å². The molecular weight excluding hydrogens is 288 g/mol. The van der Waals surface area contributed by atoms with Crippen LogP contribution in [0.15, 0.2) is 75.8 Å². The Morgan fingerprint density at radius 2 is 1.28 bits per heavy atom. The van der Waals surface area contributed by atoms with Gasteiger partial charge in [-0.25, -0.2) is 0 Å². The summed E-state index contributed by atoms with van der Waals surface area (Å²) < 4.78 is 6.67. The average molecular weight is 299 g/mol. The van der Waals surface area contributed by atoms with Crippen molar-refractivity contribution in [1.29, 1.82) is 0 Å². The molecule has 0 amide bonds. The maximum Gasteiger partial charge on any atom is 0.142 e. The van der Waals surface area contributed by atoms with Crippen LogP contribution >= 0.6 is 15.9 Å². The van der Waals surface area contributed by atoms with Crippen LogP contribution in [0.25, 0.3) is 22.5 Å². The van der Waals surface area contributed by atoms with Crippen molar-refractivity contribution >= 4 is 15.9 Å². The van der Waals surface area contributed by atoms with Crippen LogP contribution in [0.1, 0.15) is 0 Å². The van der Waals surface area contributed by atoms with E-state index in [9.17, 15) is 0 Å². The molecule has 1 nitrogen and oxygen atoms in total. The van der Waals surface area contributed by atoms with Gasteiger partial charge in [0, 0.05) is 11.1 Å². The second-order valence-electron chi connectivity index (χ2n) is 4.02. The van der Waals surface area contributed by atoms with Gasteiger partial charge < -0.3 is 4.42 Å². The van der Waals surface area contributed by atoms with Gasteiger partial charge in [-0.2, -0.15) is 0 Å². The fourth-order valence-corrected chi connectivity index (χ4v) is 2.52. The highest BCUT2D eigenvalue weighted by molar-refractivity contribution is 9.10. The van der Waals surface area contributed by atoms with Gasteiger partial charge in [-0.1, -0.05) is 60.7 Å². The van der Waals surface area contributed by atoms with Crippen LogP contribution < -0.4 is 0 Å². The van der Waals surface area contributed by atoms with E-state index in [0.717, 1.165) is 26.9 Å². The van der Waals surface area contributed by atoms with E-state index in [4.69, 9.17) is 4.42 Å². The van der Waals surface area contributed by atoms with Crippen LogP contribution in [-0.2, 0) is 0 Å². The molecule has 0 N–H and O–H groups in total. The number of halogens is 1. The van der Waals surface area contributed by atoms with Gasteiger partial charge in [-0.05, 0) is 21.5 Å². The standard InChI is InChI=1S/C16H11BrO/c17-14-11-18-16(13-9-5-2-6-10-13)15(14)12-7-3-1-4-8-12/h1-11H. The molecule has 1 aromatic heterocycles. The fraction of sp³-hybridized carbons (Fsp3) is 0. The molecule has 2 heteroatoms. The average Bonchev–Trinajstić information content (AvgIpc) is 2.83. The maximum atomic E-state index is 5.69. The largest absolute Gasteiger partial charge is 0.462 e.